The zero-order valence-electron chi connectivity index (χ0n) is 9.96. The molecule has 0 spiro atoms. The summed E-state index contributed by atoms with van der Waals surface area (Å²) in [5.41, 5.74) is 0.875. The molecule has 1 amide bonds. The van der Waals surface area contributed by atoms with Crippen LogP contribution in [0.1, 0.15) is 30.6 Å². The Kier molecular flexibility index (Phi) is 3.41. The summed E-state index contributed by atoms with van der Waals surface area (Å²) in [5, 5.41) is 3.40. The third-order valence-corrected chi connectivity index (χ3v) is 4.03. The molecule has 2 nitrogen and oxygen atoms in total. The van der Waals surface area contributed by atoms with Crippen molar-refractivity contribution >= 4 is 30.1 Å². The Morgan fingerprint density at radius 1 is 1.59 bits per heavy atom. The van der Waals surface area contributed by atoms with Crippen molar-refractivity contribution in [2.75, 3.05) is 6.54 Å². The van der Waals surface area contributed by atoms with Gasteiger partial charge in [0.25, 0.3) is 5.91 Å². The Morgan fingerprint density at radius 2 is 2.24 bits per heavy atom. The van der Waals surface area contributed by atoms with Gasteiger partial charge in [-0.05, 0) is 36.0 Å². The molecule has 1 N–H and O–H groups in total. The first-order valence-electron chi connectivity index (χ1n) is 5.67. The SMILES string of the molecule is CC1(C)CC1CNC(=O)c1cc(S)ccc1Cl. The third-order valence-electron chi connectivity index (χ3n) is 3.42. The highest BCUT2D eigenvalue weighted by atomic mass is 35.5. The monoisotopic (exact) mass is 269 g/mol. The molecule has 0 radical (unpaired) electrons. The number of thiol groups is 1. The highest BCUT2D eigenvalue weighted by Gasteiger charge is 2.45. The van der Waals surface area contributed by atoms with Crippen LogP contribution in [0, 0.1) is 11.3 Å². The number of benzene rings is 1. The first-order valence-corrected chi connectivity index (χ1v) is 6.49. The molecule has 1 aliphatic carbocycles. The van der Waals surface area contributed by atoms with Crippen LogP contribution in [-0.2, 0) is 0 Å². The van der Waals surface area contributed by atoms with Gasteiger partial charge in [-0.1, -0.05) is 25.4 Å². The molecule has 1 atom stereocenters. The van der Waals surface area contributed by atoms with E-state index in [1.165, 1.54) is 6.42 Å². The van der Waals surface area contributed by atoms with Gasteiger partial charge in [-0.2, -0.15) is 0 Å². The van der Waals surface area contributed by atoms with Crippen molar-refractivity contribution in [3.63, 3.8) is 0 Å². The molecule has 0 aromatic heterocycles. The molecule has 17 heavy (non-hydrogen) atoms. The van der Waals surface area contributed by atoms with Gasteiger partial charge in [0.2, 0.25) is 0 Å². The number of amides is 1. The van der Waals surface area contributed by atoms with Crippen LogP contribution in [0.3, 0.4) is 0 Å². The van der Waals surface area contributed by atoms with Crippen molar-refractivity contribution < 1.29 is 4.79 Å². The van der Waals surface area contributed by atoms with E-state index in [2.05, 4.69) is 31.8 Å². The lowest BCUT2D eigenvalue weighted by Crippen LogP contribution is -2.26. The zero-order chi connectivity index (χ0) is 12.6. The van der Waals surface area contributed by atoms with E-state index in [1.807, 2.05) is 0 Å². The third kappa shape index (κ3) is 2.96. The second-order valence-corrected chi connectivity index (χ2v) is 6.19. The van der Waals surface area contributed by atoms with Crippen molar-refractivity contribution in [3.05, 3.63) is 28.8 Å². The highest BCUT2D eigenvalue weighted by molar-refractivity contribution is 7.80. The largest absolute Gasteiger partial charge is 0.352 e. The Balaban J connectivity index is 1.98. The number of carbonyl (C=O) groups excluding carboxylic acids is 1. The van der Waals surface area contributed by atoms with Gasteiger partial charge in [0.1, 0.15) is 0 Å². The summed E-state index contributed by atoms with van der Waals surface area (Å²) in [6, 6.07) is 5.16. The van der Waals surface area contributed by atoms with Crippen LogP contribution in [0.5, 0.6) is 0 Å². The van der Waals surface area contributed by atoms with E-state index < -0.39 is 0 Å². The van der Waals surface area contributed by atoms with E-state index >= 15 is 0 Å². The van der Waals surface area contributed by atoms with Crippen LogP contribution in [0.15, 0.2) is 23.1 Å². The number of nitrogens with one attached hydrogen (secondary N) is 1. The zero-order valence-corrected chi connectivity index (χ0v) is 11.6. The van der Waals surface area contributed by atoms with E-state index in [0.29, 0.717) is 21.9 Å². The lowest BCUT2D eigenvalue weighted by molar-refractivity contribution is 0.0950. The molecule has 2 rings (SSSR count). The summed E-state index contributed by atoms with van der Waals surface area (Å²) in [6.07, 6.45) is 1.17. The number of hydrogen-bond acceptors (Lipinski definition) is 2. The van der Waals surface area contributed by atoms with Gasteiger partial charge in [-0.15, -0.1) is 12.6 Å². The van der Waals surface area contributed by atoms with Gasteiger partial charge in [-0.3, -0.25) is 4.79 Å². The van der Waals surface area contributed by atoms with Gasteiger partial charge in [-0.25, -0.2) is 0 Å². The van der Waals surface area contributed by atoms with Gasteiger partial charge >= 0.3 is 0 Å². The van der Waals surface area contributed by atoms with Crippen LogP contribution in [0.2, 0.25) is 5.02 Å². The van der Waals surface area contributed by atoms with E-state index in [-0.39, 0.29) is 5.91 Å². The Morgan fingerprint density at radius 3 is 2.82 bits per heavy atom. The van der Waals surface area contributed by atoms with Crippen molar-refractivity contribution in [2.45, 2.75) is 25.2 Å². The Hall–Kier alpha value is -0.670. The molecule has 0 aliphatic heterocycles. The minimum atomic E-state index is -0.117. The smallest absolute Gasteiger partial charge is 0.252 e. The molecular formula is C13H16ClNOS. The van der Waals surface area contributed by atoms with Gasteiger partial charge in [0.15, 0.2) is 0 Å². The molecule has 0 bridgehead atoms. The molecule has 1 aromatic carbocycles. The Labute approximate surface area is 112 Å². The summed E-state index contributed by atoms with van der Waals surface area (Å²) >= 11 is 10.2. The number of rotatable bonds is 3. The van der Waals surface area contributed by atoms with Crippen molar-refractivity contribution in [1.82, 2.24) is 5.32 Å². The fourth-order valence-electron chi connectivity index (χ4n) is 1.92. The molecular weight excluding hydrogens is 254 g/mol. The summed E-state index contributed by atoms with van der Waals surface area (Å²) in [6.45, 7) is 5.15. The quantitative estimate of drug-likeness (QED) is 0.809. The van der Waals surface area contributed by atoms with Crippen molar-refractivity contribution in [2.24, 2.45) is 11.3 Å². The molecule has 1 unspecified atom stereocenters. The van der Waals surface area contributed by atoms with Gasteiger partial charge in [0, 0.05) is 11.4 Å². The topological polar surface area (TPSA) is 29.1 Å². The van der Waals surface area contributed by atoms with E-state index in [4.69, 9.17) is 11.6 Å². The molecule has 0 saturated heterocycles. The first kappa shape index (κ1) is 12.8. The molecule has 0 heterocycles. The number of carbonyl (C=O) groups is 1. The molecule has 1 saturated carbocycles. The predicted molar refractivity (Wildman–Crippen MR) is 72.9 cm³/mol. The summed E-state index contributed by atoms with van der Waals surface area (Å²) in [4.78, 5) is 12.7. The van der Waals surface area contributed by atoms with Gasteiger partial charge < -0.3 is 5.32 Å². The fraction of sp³-hybridized carbons (Fsp3) is 0.462. The lowest BCUT2D eigenvalue weighted by Gasteiger charge is -2.08. The van der Waals surface area contributed by atoms with E-state index in [9.17, 15) is 4.79 Å². The second kappa shape index (κ2) is 4.54. The average molecular weight is 270 g/mol. The minimum Gasteiger partial charge on any atom is -0.352 e. The summed E-state index contributed by atoms with van der Waals surface area (Å²) < 4.78 is 0. The number of halogens is 1. The molecule has 4 heteroatoms. The first-order chi connectivity index (χ1) is 7.90. The molecule has 1 fully saturated rings. The predicted octanol–water partition coefficient (Wildman–Crippen LogP) is 3.40. The maximum Gasteiger partial charge on any atom is 0.252 e. The summed E-state index contributed by atoms with van der Waals surface area (Å²) in [5.74, 6) is 0.470. The summed E-state index contributed by atoms with van der Waals surface area (Å²) in [7, 11) is 0. The molecule has 1 aromatic rings. The second-order valence-electron chi connectivity index (χ2n) is 5.26. The highest BCUT2D eigenvalue weighted by Crippen LogP contribution is 2.50. The van der Waals surface area contributed by atoms with Crippen LogP contribution in [0.4, 0.5) is 0 Å². The fourth-order valence-corrected chi connectivity index (χ4v) is 2.33. The van der Waals surface area contributed by atoms with Crippen LogP contribution in [0.25, 0.3) is 0 Å². The van der Waals surface area contributed by atoms with Gasteiger partial charge in [0.05, 0.1) is 10.6 Å². The van der Waals surface area contributed by atoms with Crippen molar-refractivity contribution in [3.8, 4) is 0 Å². The number of hydrogen-bond donors (Lipinski definition) is 2. The minimum absolute atomic E-state index is 0.117. The van der Waals surface area contributed by atoms with E-state index in [1.54, 1.807) is 18.2 Å². The van der Waals surface area contributed by atoms with Crippen LogP contribution >= 0.6 is 24.2 Å². The standard InChI is InChI=1S/C13H16ClNOS/c1-13(2)6-8(13)7-15-12(16)10-5-9(17)3-4-11(10)14/h3-5,8,17H,6-7H2,1-2H3,(H,15,16). The normalized spacial score (nSPS) is 21.1. The lowest BCUT2D eigenvalue weighted by atomic mass is 10.1. The molecule has 92 valence electrons. The van der Waals surface area contributed by atoms with E-state index in [0.717, 1.165) is 11.4 Å². The maximum absolute atomic E-state index is 11.9. The van der Waals surface area contributed by atoms with Crippen molar-refractivity contribution in [1.29, 1.82) is 0 Å². The van der Waals surface area contributed by atoms with Crippen LogP contribution in [-0.4, -0.2) is 12.5 Å². The van der Waals surface area contributed by atoms with Crippen LogP contribution < -0.4 is 5.32 Å². The Bertz CT molecular complexity index is 459. The maximum atomic E-state index is 11.9. The average Bonchev–Trinajstić information content (AvgIpc) is 2.87. The molecule has 1 aliphatic rings.